The molecule has 4 atom stereocenters. The Balaban J connectivity index is 1.41. The summed E-state index contributed by atoms with van der Waals surface area (Å²) in [6.07, 6.45) is 35.5. The van der Waals surface area contributed by atoms with Crippen molar-refractivity contribution < 1.29 is 28.9 Å². The lowest BCUT2D eigenvalue weighted by molar-refractivity contribution is -0.131. The van der Waals surface area contributed by atoms with Gasteiger partial charge in [-0.3, -0.25) is 4.99 Å². The molecule has 1 aliphatic heterocycles. The van der Waals surface area contributed by atoms with E-state index in [1.807, 2.05) is 6.21 Å². The van der Waals surface area contributed by atoms with Crippen LogP contribution < -0.4 is 0 Å². The largest absolute Gasteiger partial charge is 0.381 e. The summed E-state index contributed by atoms with van der Waals surface area (Å²) in [6.45, 7) is 28.5. The highest BCUT2D eigenvalue weighted by molar-refractivity contribution is 5.57. The normalized spacial score (nSPS) is 21.6. The fourth-order valence-electron chi connectivity index (χ4n) is 9.47. The maximum atomic E-state index is 10.6. The fourth-order valence-corrected chi connectivity index (χ4v) is 9.47. The molecule has 0 aromatic carbocycles. The van der Waals surface area contributed by atoms with E-state index in [-0.39, 0.29) is 6.04 Å². The molecule has 4 unspecified atom stereocenters. The van der Waals surface area contributed by atoms with Crippen LogP contribution in [0.2, 0.25) is 0 Å². The van der Waals surface area contributed by atoms with Crippen LogP contribution in [0.1, 0.15) is 208 Å². The molecule has 2 rings (SSSR count). The van der Waals surface area contributed by atoms with Gasteiger partial charge < -0.3 is 28.9 Å². The smallest absolute Gasteiger partial charge is 0.0700 e. The topological polar surface area (TPSA) is 82.0 Å². The zero-order valence-corrected chi connectivity index (χ0v) is 42.5. The van der Waals surface area contributed by atoms with Crippen LogP contribution >= 0.6 is 0 Å². The van der Waals surface area contributed by atoms with E-state index in [2.05, 4.69) is 59.2 Å². The predicted molar refractivity (Wildman–Crippen MR) is 267 cm³/mol. The Morgan fingerprint density at radius 3 is 1.84 bits per heavy atom. The number of hydroxylamine groups is 2. The summed E-state index contributed by atoms with van der Waals surface area (Å²) >= 11 is 0. The Morgan fingerprint density at radius 1 is 0.730 bits per heavy atom. The molecule has 0 spiro atoms. The summed E-state index contributed by atoms with van der Waals surface area (Å²) in [5, 5.41) is 12.2. The van der Waals surface area contributed by atoms with Crippen LogP contribution in [-0.4, -0.2) is 102 Å². The number of hydrogen-bond acceptors (Lipinski definition) is 8. The van der Waals surface area contributed by atoms with Crippen LogP contribution in [0.5, 0.6) is 0 Å². The van der Waals surface area contributed by atoms with E-state index in [1.54, 1.807) is 10.6 Å². The van der Waals surface area contributed by atoms with Gasteiger partial charge in [0.2, 0.25) is 0 Å². The Kier molecular flexibility index (Phi) is 35.8. The average Bonchev–Trinajstić information content (AvgIpc) is 3.28. The molecule has 370 valence electrons. The fraction of sp³-hybridized carbons (Fsp3) is 0.909. The molecule has 1 saturated carbocycles. The number of allylic oxidation sites excluding steroid dienone is 2. The van der Waals surface area contributed by atoms with E-state index in [9.17, 15) is 5.21 Å². The predicted octanol–water partition coefficient (Wildman–Crippen LogP) is 14.4. The Hall–Kier alpha value is -1.13. The Labute approximate surface area is 390 Å². The molecule has 1 saturated heterocycles. The van der Waals surface area contributed by atoms with Crippen molar-refractivity contribution >= 4 is 6.21 Å². The standard InChI is InChI=1S/C55H104N2O6/c1-8-33-56-34-22-43-63-45-44-62-41-20-12-18-39-60-37-16-10-15-36-59-38-17-11-19-40-61-42-21-23-52-27-30-55(7,31-28-52)32-29-53(26-25-48(3)46-50(5)49(4)9-2)47-51(6)54-24-13-14-35-57(54)58/h34,46,48-49,52-54,58H,6,8-33,35-45,47H2,1-5,7H3/b50-46+,56-34?. The van der Waals surface area contributed by atoms with Gasteiger partial charge in [-0.2, -0.15) is 5.06 Å². The van der Waals surface area contributed by atoms with E-state index in [0.29, 0.717) is 36.4 Å². The van der Waals surface area contributed by atoms with Crippen LogP contribution in [0.4, 0.5) is 0 Å². The third-order valence-electron chi connectivity index (χ3n) is 14.3. The second-order valence-corrected chi connectivity index (χ2v) is 20.2. The first-order valence-electron chi connectivity index (χ1n) is 26.9. The lowest BCUT2D eigenvalue weighted by atomic mass is 9.67. The van der Waals surface area contributed by atoms with Gasteiger partial charge in [0.15, 0.2) is 0 Å². The zero-order valence-electron chi connectivity index (χ0n) is 42.5. The maximum absolute atomic E-state index is 10.6. The highest BCUT2D eigenvalue weighted by atomic mass is 16.5. The summed E-state index contributed by atoms with van der Waals surface area (Å²) < 4.78 is 29.0. The average molecular weight is 889 g/mol. The van der Waals surface area contributed by atoms with Crippen LogP contribution in [0.3, 0.4) is 0 Å². The van der Waals surface area contributed by atoms with Crippen molar-refractivity contribution in [3.8, 4) is 0 Å². The van der Waals surface area contributed by atoms with Crippen molar-refractivity contribution in [2.24, 2.45) is 34.1 Å². The molecule has 1 aliphatic carbocycles. The van der Waals surface area contributed by atoms with Crippen molar-refractivity contribution in [2.45, 2.75) is 215 Å². The summed E-state index contributed by atoms with van der Waals surface area (Å²) in [5.74, 6) is 2.82. The molecule has 0 amide bonds. The van der Waals surface area contributed by atoms with Gasteiger partial charge in [0, 0.05) is 72.0 Å². The molecule has 8 heteroatoms. The Bertz CT molecular complexity index is 1120. The number of ether oxygens (including phenoxy) is 5. The number of unbranched alkanes of at least 4 members (excludes halogenated alkanes) is 6. The summed E-state index contributed by atoms with van der Waals surface area (Å²) in [4.78, 5) is 4.29. The van der Waals surface area contributed by atoms with Crippen molar-refractivity contribution in [1.82, 2.24) is 5.06 Å². The van der Waals surface area contributed by atoms with Gasteiger partial charge in [0.25, 0.3) is 0 Å². The molecule has 1 heterocycles. The number of rotatable bonds is 42. The molecule has 0 radical (unpaired) electrons. The van der Waals surface area contributed by atoms with Gasteiger partial charge >= 0.3 is 0 Å². The van der Waals surface area contributed by atoms with Crippen LogP contribution in [0, 0.1) is 29.1 Å². The minimum absolute atomic E-state index is 0.153. The van der Waals surface area contributed by atoms with E-state index in [0.717, 1.165) is 149 Å². The van der Waals surface area contributed by atoms with Crippen LogP contribution in [0.25, 0.3) is 0 Å². The molecular weight excluding hydrogens is 785 g/mol. The Morgan fingerprint density at radius 2 is 1.29 bits per heavy atom. The quantitative estimate of drug-likeness (QED) is 0.0371. The first kappa shape index (κ1) is 58.0. The molecule has 0 aromatic rings. The van der Waals surface area contributed by atoms with E-state index in [1.165, 1.54) is 95.5 Å². The lowest BCUT2D eigenvalue weighted by Gasteiger charge is -2.39. The van der Waals surface area contributed by atoms with Crippen LogP contribution in [-0.2, 0) is 23.7 Å². The summed E-state index contributed by atoms with van der Waals surface area (Å²) in [5.41, 5.74) is 3.29. The second-order valence-electron chi connectivity index (χ2n) is 20.2. The highest BCUT2D eigenvalue weighted by Crippen LogP contribution is 2.45. The maximum Gasteiger partial charge on any atom is 0.0700 e. The van der Waals surface area contributed by atoms with Crippen molar-refractivity contribution in [3.05, 3.63) is 23.8 Å². The van der Waals surface area contributed by atoms with Crippen molar-refractivity contribution in [2.75, 3.05) is 79.2 Å². The lowest BCUT2D eigenvalue weighted by Crippen LogP contribution is -2.38. The van der Waals surface area contributed by atoms with Crippen molar-refractivity contribution in [3.63, 3.8) is 0 Å². The number of nitrogens with zero attached hydrogens (tertiary/aromatic N) is 2. The van der Waals surface area contributed by atoms with Crippen molar-refractivity contribution in [1.29, 1.82) is 0 Å². The molecule has 0 aromatic heterocycles. The molecule has 0 bridgehead atoms. The third kappa shape index (κ3) is 30.7. The third-order valence-corrected chi connectivity index (χ3v) is 14.3. The first-order chi connectivity index (χ1) is 30.7. The summed E-state index contributed by atoms with van der Waals surface area (Å²) in [6, 6.07) is 0.153. The van der Waals surface area contributed by atoms with Gasteiger partial charge in [-0.05, 0) is 190 Å². The SMILES string of the molecule is C=C(CC(CCC(C)/C=C(\C)C(C)CC)CCC1(C)CCC(CCCOCCCCCOCCCCCOCCCCCOCCOCCC=NCCC)CC1)C1CCCCN1O. The molecule has 2 fully saturated rings. The molecule has 8 nitrogen and oxygen atoms in total. The van der Waals surface area contributed by atoms with Gasteiger partial charge in [0.1, 0.15) is 0 Å². The number of piperidine rings is 1. The molecule has 2 aliphatic rings. The van der Waals surface area contributed by atoms with Gasteiger partial charge in [0.05, 0.1) is 25.9 Å². The molecular formula is C55H104N2O6. The van der Waals surface area contributed by atoms with Gasteiger partial charge in [-0.25, -0.2) is 0 Å². The minimum Gasteiger partial charge on any atom is -0.381 e. The van der Waals surface area contributed by atoms with E-state index < -0.39 is 0 Å². The first-order valence-corrected chi connectivity index (χ1v) is 26.9. The van der Waals surface area contributed by atoms with Gasteiger partial charge in [-0.1, -0.05) is 64.8 Å². The van der Waals surface area contributed by atoms with E-state index in [4.69, 9.17) is 23.7 Å². The molecule has 63 heavy (non-hydrogen) atoms. The summed E-state index contributed by atoms with van der Waals surface area (Å²) in [7, 11) is 0. The van der Waals surface area contributed by atoms with Gasteiger partial charge in [-0.15, -0.1) is 0 Å². The molecule has 1 N–H and O–H groups in total. The zero-order chi connectivity index (χ0) is 45.6. The minimum atomic E-state index is 0.153. The monoisotopic (exact) mass is 889 g/mol. The number of hydrogen-bond donors (Lipinski definition) is 1. The van der Waals surface area contributed by atoms with Crippen LogP contribution in [0.15, 0.2) is 28.8 Å². The number of aliphatic imine (C=N–C) groups is 1. The second kappa shape index (κ2) is 38.9. The highest BCUT2D eigenvalue weighted by Gasteiger charge is 2.32. The van der Waals surface area contributed by atoms with E-state index >= 15 is 0 Å².